The van der Waals surface area contributed by atoms with Gasteiger partial charge in [-0.05, 0) is 38.1 Å². The lowest BCUT2D eigenvalue weighted by Crippen LogP contribution is -2.16. The molecule has 1 aromatic heterocycles. The first kappa shape index (κ1) is 8.70. The number of aromatic nitrogens is 1. The molecule has 0 amide bonds. The van der Waals surface area contributed by atoms with Crippen LogP contribution >= 0.6 is 0 Å². The summed E-state index contributed by atoms with van der Waals surface area (Å²) < 4.78 is 0. The molecule has 13 heavy (non-hydrogen) atoms. The number of hydrogen-bond acceptors (Lipinski definition) is 2. The summed E-state index contributed by atoms with van der Waals surface area (Å²) in [6.45, 7) is 3.41. The van der Waals surface area contributed by atoms with Gasteiger partial charge in [-0.1, -0.05) is 13.0 Å². The van der Waals surface area contributed by atoms with Gasteiger partial charge in [0.1, 0.15) is 0 Å². The van der Waals surface area contributed by atoms with Gasteiger partial charge >= 0.3 is 0 Å². The normalized spacial score (nSPS) is 31.7. The topological polar surface area (TPSA) is 24.9 Å². The average Bonchev–Trinajstić information content (AvgIpc) is 2.81. The van der Waals surface area contributed by atoms with Crippen molar-refractivity contribution in [2.75, 3.05) is 13.6 Å². The molecule has 2 atom stereocenters. The second-order valence-corrected chi connectivity index (χ2v) is 4.09. The molecular weight excluding hydrogens is 160 g/mol. The molecule has 1 aromatic rings. The third kappa shape index (κ3) is 1.46. The molecule has 1 aliphatic carbocycles. The Morgan fingerprint density at radius 1 is 1.62 bits per heavy atom. The lowest BCUT2D eigenvalue weighted by molar-refractivity contribution is 0.604. The van der Waals surface area contributed by atoms with E-state index in [2.05, 4.69) is 29.4 Å². The van der Waals surface area contributed by atoms with Gasteiger partial charge in [0.05, 0.1) is 0 Å². The summed E-state index contributed by atoms with van der Waals surface area (Å²) in [5, 5.41) is 3.23. The van der Waals surface area contributed by atoms with Crippen LogP contribution in [0.1, 0.15) is 19.0 Å². The number of nitrogens with one attached hydrogen (secondary N) is 1. The van der Waals surface area contributed by atoms with Crippen LogP contribution in [0.2, 0.25) is 0 Å². The van der Waals surface area contributed by atoms with Crippen LogP contribution in [0.3, 0.4) is 0 Å². The zero-order valence-corrected chi connectivity index (χ0v) is 8.25. The molecule has 2 unspecified atom stereocenters. The van der Waals surface area contributed by atoms with E-state index >= 15 is 0 Å². The first-order chi connectivity index (χ1) is 6.27. The van der Waals surface area contributed by atoms with E-state index in [9.17, 15) is 0 Å². The van der Waals surface area contributed by atoms with E-state index in [-0.39, 0.29) is 0 Å². The summed E-state index contributed by atoms with van der Waals surface area (Å²) in [5.41, 5.74) is 1.58. The molecule has 2 nitrogen and oxygen atoms in total. The van der Waals surface area contributed by atoms with Crippen molar-refractivity contribution in [1.29, 1.82) is 0 Å². The highest BCUT2D eigenvalue weighted by Gasteiger charge is 2.51. The van der Waals surface area contributed by atoms with Crippen molar-refractivity contribution >= 4 is 0 Å². The number of pyridine rings is 1. The molecular formula is C11H16N2. The van der Waals surface area contributed by atoms with Gasteiger partial charge in [0.2, 0.25) is 0 Å². The Kier molecular flexibility index (Phi) is 2.08. The van der Waals surface area contributed by atoms with Gasteiger partial charge in [-0.25, -0.2) is 0 Å². The van der Waals surface area contributed by atoms with Crippen molar-refractivity contribution in [3.63, 3.8) is 0 Å². The van der Waals surface area contributed by atoms with Crippen LogP contribution < -0.4 is 5.32 Å². The molecule has 2 rings (SSSR count). The fraction of sp³-hybridized carbons (Fsp3) is 0.545. The van der Waals surface area contributed by atoms with E-state index in [1.54, 1.807) is 0 Å². The van der Waals surface area contributed by atoms with E-state index in [0.29, 0.717) is 5.41 Å². The maximum absolute atomic E-state index is 4.42. The fourth-order valence-corrected chi connectivity index (χ4v) is 2.01. The molecule has 1 heterocycles. The Morgan fingerprint density at radius 2 is 2.46 bits per heavy atom. The molecule has 0 radical (unpaired) electrons. The molecule has 0 spiro atoms. The Labute approximate surface area is 79.4 Å². The molecule has 0 aliphatic heterocycles. The van der Waals surface area contributed by atoms with Crippen molar-refractivity contribution in [1.82, 2.24) is 10.3 Å². The molecule has 1 fully saturated rings. The highest BCUT2D eigenvalue weighted by molar-refractivity contribution is 5.26. The Hall–Kier alpha value is -0.890. The maximum Gasteiger partial charge on any atom is 0.0465 e. The largest absolute Gasteiger partial charge is 0.319 e. The average molecular weight is 176 g/mol. The van der Waals surface area contributed by atoms with E-state index in [1.165, 1.54) is 12.1 Å². The van der Waals surface area contributed by atoms with Crippen LogP contribution in [0, 0.1) is 5.92 Å². The SMILES string of the molecule is CNCC1CC1(C)c1ccccn1. The van der Waals surface area contributed by atoms with Crippen LogP contribution in [-0.4, -0.2) is 18.6 Å². The zero-order chi connectivity index (χ0) is 9.31. The first-order valence-electron chi connectivity index (χ1n) is 4.83. The Balaban J connectivity index is 2.11. The number of nitrogens with zero attached hydrogens (tertiary/aromatic N) is 1. The van der Waals surface area contributed by atoms with Crippen molar-refractivity contribution in [2.24, 2.45) is 5.92 Å². The van der Waals surface area contributed by atoms with Gasteiger partial charge in [0.25, 0.3) is 0 Å². The molecule has 1 saturated carbocycles. The van der Waals surface area contributed by atoms with E-state index in [4.69, 9.17) is 0 Å². The third-order valence-electron chi connectivity index (χ3n) is 3.11. The van der Waals surface area contributed by atoms with Gasteiger partial charge in [-0.3, -0.25) is 4.98 Å². The van der Waals surface area contributed by atoms with Crippen LogP contribution in [0.15, 0.2) is 24.4 Å². The third-order valence-corrected chi connectivity index (χ3v) is 3.11. The van der Waals surface area contributed by atoms with E-state index in [0.717, 1.165) is 12.5 Å². The van der Waals surface area contributed by atoms with Gasteiger partial charge in [0, 0.05) is 17.3 Å². The summed E-state index contributed by atoms with van der Waals surface area (Å²) in [6.07, 6.45) is 3.15. The second-order valence-electron chi connectivity index (χ2n) is 4.09. The Morgan fingerprint density at radius 3 is 3.08 bits per heavy atom. The van der Waals surface area contributed by atoms with Crippen molar-refractivity contribution < 1.29 is 0 Å². The lowest BCUT2D eigenvalue weighted by Gasteiger charge is -2.09. The van der Waals surface area contributed by atoms with Crippen molar-refractivity contribution in [3.8, 4) is 0 Å². The van der Waals surface area contributed by atoms with E-state index < -0.39 is 0 Å². The number of rotatable bonds is 3. The van der Waals surface area contributed by atoms with Crippen LogP contribution in [0.5, 0.6) is 0 Å². The molecule has 0 saturated heterocycles. The minimum absolute atomic E-state index is 0.338. The van der Waals surface area contributed by atoms with Gasteiger partial charge < -0.3 is 5.32 Å². The summed E-state index contributed by atoms with van der Waals surface area (Å²) in [6, 6.07) is 6.18. The smallest absolute Gasteiger partial charge is 0.0465 e. The minimum atomic E-state index is 0.338. The molecule has 2 heteroatoms. The Bertz CT molecular complexity index is 283. The van der Waals surface area contributed by atoms with Gasteiger partial charge in [0.15, 0.2) is 0 Å². The summed E-state index contributed by atoms with van der Waals surface area (Å²) >= 11 is 0. The molecule has 1 N–H and O–H groups in total. The zero-order valence-electron chi connectivity index (χ0n) is 8.25. The number of hydrogen-bond donors (Lipinski definition) is 1. The molecule has 0 bridgehead atoms. The molecule has 0 aromatic carbocycles. The van der Waals surface area contributed by atoms with Crippen LogP contribution in [0.25, 0.3) is 0 Å². The van der Waals surface area contributed by atoms with Crippen LogP contribution in [0.4, 0.5) is 0 Å². The van der Waals surface area contributed by atoms with Crippen LogP contribution in [-0.2, 0) is 5.41 Å². The lowest BCUT2D eigenvalue weighted by atomic mass is 10.0. The second kappa shape index (κ2) is 3.11. The predicted molar refractivity (Wildman–Crippen MR) is 53.6 cm³/mol. The quantitative estimate of drug-likeness (QED) is 0.756. The fourth-order valence-electron chi connectivity index (χ4n) is 2.01. The van der Waals surface area contributed by atoms with Crippen molar-refractivity contribution in [3.05, 3.63) is 30.1 Å². The van der Waals surface area contributed by atoms with Crippen molar-refractivity contribution in [2.45, 2.75) is 18.8 Å². The van der Waals surface area contributed by atoms with E-state index in [1.807, 2.05) is 19.3 Å². The standard InChI is InChI=1S/C11H16N2/c1-11(7-9(11)8-12-2)10-5-3-4-6-13-10/h3-6,9,12H,7-8H2,1-2H3. The predicted octanol–water partition coefficient (Wildman–Crippen LogP) is 1.58. The van der Waals surface area contributed by atoms with Gasteiger partial charge in [-0.15, -0.1) is 0 Å². The maximum atomic E-state index is 4.42. The highest BCUT2D eigenvalue weighted by atomic mass is 14.9. The monoisotopic (exact) mass is 176 g/mol. The summed E-state index contributed by atoms with van der Waals surface area (Å²) in [7, 11) is 2.01. The summed E-state index contributed by atoms with van der Waals surface area (Å²) in [5.74, 6) is 0.771. The molecule has 1 aliphatic rings. The highest BCUT2D eigenvalue weighted by Crippen LogP contribution is 2.52. The minimum Gasteiger partial charge on any atom is -0.319 e. The first-order valence-corrected chi connectivity index (χ1v) is 4.83. The summed E-state index contributed by atoms with van der Waals surface area (Å²) in [4.78, 5) is 4.42. The van der Waals surface area contributed by atoms with Gasteiger partial charge in [-0.2, -0.15) is 0 Å². The molecule has 70 valence electrons.